The Labute approximate surface area is 100 Å². The Balaban J connectivity index is 2.24. The van der Waals surface area contributed by atoms with Crippen molar-refractivity contribution in [1.29, 1.82) is 0 Å². The number of rotatable bonds is 3. The van der Waals surface area contributed by atoms with Gasteiger partial charge in [-0.05, 0) is 32.0 Å². The van der Waals surface area contributed by atoms with Crippen LogP contribution in [0, 0.1) is 5.41 Å². The molecular weight excluding hydrogens is 220 g/mol. The molecule has 1 aromatic rings. The number of hydrogen-bond acceptors (Lipinski definition) is 3. The van der Waals surface area contributed by atoms with Crippen LogP contribution < -0.4 is 9.47 Å². The minimum absolute atomic E-state index is 0.331. The van der Waals surface area contributed by atoms with Crippen LogP contribution in [0.15, 0.2) is 18.2 Å². The summed E-state index contributed by atoms with van der Waals surface area (Å²) in [6, 6.07) is 5.54. The molecule has 2 rings (SSSR count). The van der Waals surface area contributed by atoms with E-state index in [1.807, 2.05) is 18.2 Å². The van der Waals surface area contributed by atoms with Gasteiger partial charge in [0.15, 0.2) is 0 Å². The zero-order chi connectivity index (χ0) is 12.6. The molecule has 17 heavy (non-hydrogen) atoms. The van der Waals surface area contributed by atoms with Gasteiger partial charge in [-0.2, -0.15) is 0 Å². The van der Waals surface area contributed by atoms with Crippen LogP contribution in [0.3, 0.4) is 0 Å². The largest absolute Gasteiger partial charge is 0.497 e. The first-order chi connectivity index (χ1) is 7.95. The third kappa shape index (κ3) is 1.95. The van der Waals surface area contributed by atoms with Crippen LogP contribution in [-0.4, -0.2) is 24.3 Å². The number of carboxylic acid groups (broad SMARTS) is 1. The smallest absolute Gasteiger partial charge is 0.312 e. The fourth-order valence-corrected chi connectivity index (χ4v) is 1.89. The lowest BCUT2D eigenvalue weighted by atomic mass is 9.84. The lowest BCUT2D eigenvalue weighted by molar-refractivity contribution is -0.151. The van der Waals surface area contributed by atoms with Crippen molar-refractivity contribution in [2.45, 2.75) is 26.4 Å². The van der Waals surface area contributed by atoms with Crippen molar-refractivity contribution in [1.82, 2.24) is 0 Å². The molecule has 1 aliphatic rings. The number of carbonyl (C=O) groups is 1. The van der Waals surface area contributed by atoms with Gasteiger partial charge in [0.05, 0.1) is 12.5 Å². The van der Waals surface area contributed by atoms with Gasteiger partial charge in [0, 0.05) is 12.0 Å². The van der Waals surface area contributed by atoms with Gasteiger partial charge < -0.3 is 14.6 Å². The number of hydrogen-bond donors (Lipinski definition) is 1. The molecule has 4 nitrogen and oxygen atoms in total. The Hall–Kier alpha value is -1.71. The molecule has 1 heterocycles. The molecule has 92 valence electrons. The van der Waals surface area contributed by atoms with Crippen molar-refractivity contribution in [2.75, 3.05) is 7.11 Å². The SMILES string of the molecule is COc1ccc2c(c1)CC(C(C)(C)C(=O)O)O2. The monoisotopic (exact) mass is 236 g/mol. The molecule has 0 bridgehead atoms. The first kappa shape index (κ1) is 11.8. The summed E-state index contributed by atoms with van der Waals surface area (Å²) in [6.45, 7) is 3.37. The van der Waals surface area contributed by atoms with E-state index in [1.54, 1.807) is 21.0 Å². The Morgan fingerprint density at radius 3 is 2.82 bits per heavy atom. The second-order valence-corrected chi connectivity index (χ2v) is 4.81. The third-order valence-electron chi connectivity index (χ3n) is 3.30. The molecule has 0 aromatic heterocycles. The van der Waals surface area contributed by atoms with Crippen molar-refractivity contribution in [3.05, 3.63) is 23.8 Å². The van der Waals surface area contributed by atoms with E-state index >= 15 is 0 Å². The topological polar surface area (TPSA) is 55.8 Å². The number of benzene rings is 1. The van der Waals surface area contributed by atoms with Gasteiger partial charge >= 0.3 is 5.97 Å². The Morgan fingerprint density at radius 2 is 2.24 bits per heavy atom. The number of methoxy groups -OCH3 is 1. The molecule has 0 amide bonds. The molecule has 1 unspecified atom stereocenters. The van der Waals surface area contributed by atoms with Crippen molar-refractivity contribution in [3.8, 4) is 11.5 Å². The summed E-state index contributed by atoms with van der Waals surface area (Å²) in [6.07, 6.45) is 0.272. The first-order valence-corrected chi connectivity index (χ1v) is 5.52. The number of carboxylic acids is 1. The summed E-state index contributed by atoms with van der Waals surface area (Å²) >= 11 is 0. The van der Waals surface area contributed by atoms with E-state index in [4.69, 9.17) is 9.47 Å². The summed E-state index contributed by atoms with van der Waals surface area (Å²) in [5, 5.41) is 9.18. The average molecular weight is 236 g/mol. The molecule has 1 N–H and O–H groups in total. The van der Waals surface area contributed by atoms with Gasteiger partial charge in [0.25, 0.3) is 0 Å². The second-order valence-electron chi connectivity index (χ2n) is 4.81. The van der Waals surface area contributed by atoms with Gasteiger partial charge in [-0.3, -0.25) is 4.79 Å². The molecule has 1 atom stereocenters. The van der Waals surface area contributed by atoms with Crippen LogP contribution in [0.4, 0.5) is 0 Å². The third-order valence-corrected chi connectivity index (χ3v) is 3.30. The molecule has 0 saturated carbocycles. The Kier molecular flexibility index (Phi) is 2.73. The zero-order valence-corrected chi connectivity index (χ0v) is 10.2. The van der Waals surface area contributed by atoms with Gasteiger partial charge in [-0.25, -0.2) is 0 Å². The number of aliphatic carboxylic acids is 1. The average Bonchev–Trinajstić information content (AvgIpc) is 2.71. The van der Waals surface area contributed by atoms with Crippen molar-refractivity contribution < 1.29 is 19.4 Å². The number of ether oxygens (including phenoxy) is 2. The van der Waals surface area contributed by atoms with Gasteiger partial charge in [-0.1, -0.05) is 0 Å². The van der Waals surface area contributed by atoms with Crippen molar-refractivity contribution >= 4 is 5.97 Å². The van der Waals surface area contributed by atoms with E-state index in [9.17, 15) is 9.90 Å². The number of fused-ring (bicyclic) bond motifs is 1. The summed E-state index contributed by atoms with van der Waals surface area (Å²) in [4.78, 5) is 11.2. The van der Waals surface area contributed by atoms with Crippen molar-refractivity contribution in [3.63, 3.8) is 0 Å². The molecule has 1 aliphatic heterocycles. The van der Waals surface area contributed by atoms with E-state index in [-0.39, 0.29) is 6.10 Å². The molecule has 0 aliphatic carbocycles. The predicted molar refractivity (Wildman–Crippen MR) is 62.5 cm³/mol. The van der Waals surface area contributed by atoms with E-state index in [1.165, 1.54) is 0 Å². The summed E-state index contributed by atoms with van der Waals surface area (Å²) in [7, 11) is 1.61. The fourth-order valence-electron chi connectivity index (χ4n) is 1.89. The van der Waals surface area contributed by atoms with Gasteiger partial charge in [0.2, 0.25) is 0 Å². The van der Waals surface area contributed by atoms with E-state index in [0.717, 1.165) is 17.1 Å². The summed E-state index contributed by atoms with van der Waals surface area (Å²) in [5.41, 5.74) is 0.107. The van der Waals surface area contributed by atoms with Crippen LogP contribution >= 0.6 is 0 Å². The molecule has 4 heteroatoms. The highest BCUT2D eigenvalue weighted by molar-refractivity contribution is 5.75. The van der Waals surface area contributed by atoms with Crippen LogP contribution in [0.2, 0.25) is 0 Å². The Morgan fingerprint density at radius 1 is 1.53 bits per heavy atom. The summed E-state index contributed by atoms with van der Waals surface area (Å²) in [5.74, 6) is 0.675. The highest BCUT2D eigenvalue weighted by atomic mass is 16.5. The highest BCUT2D eigenvalue weighted by Crippen LogP contribution is 2.38. The van der Waals surface area contributed by atoms with E-state index in [0.29, 0.717) is 6.42 Å². The maximum Gasteiger partial charge on any atom is 0.312 e. The second kappa shape index (κ2) is 3.95. The maximum absolute atomic E-state index is 11.2. The van der Waals surface area contributed by atoms with E-state index < -0.39 is 11.4 Å². The van der Waals surface area contributed by atoms with Crippen LogP contribution in [0.5, 0.6) is 11.5 Å². The molecule has 0 fully saturated rings. The lowest BCUT2D eigenvalue weighted by Crippen LogP contribution is -2.40. The fraction of sp³-hybridized carbons (Fsp3) is 0.462. The molecule has 0 spiro atoms. The summed E-state index contributed by atoms with van der Waals surface area (Å²) < 4.78 is 10.8. The standard InChI is InChI=1S/C13H16O4/c1-13(2,12(14)15)11-7-8-6-9(16-3)4-5-10(8)17-11/h4-6,11H,7H2,1-3H3,(H,14,15). The normalized spacial score (nSPS) is 18.4. The zero-order valence-electron chi connectivity index (χ0n) is 10.2. The highest BCUT2D eigenvalue weighted by Gasteiger charge is 2.42. The predicted octanol–water partition coefficient (Wildman–Crippen LogP) is 2.11. The van der Waals surface area contributed by atoms with Crippen LogP contribution in [0.25, 0.3) is 0 Å². The molecule has 0 radical (unpaired) electrons. The molecule has 0 saturated heterocycles. The van der Waals surface area contributed by atoms with Gasteiger partial charge in [-0.15, -0.1) is 0 Å². The molecule has 1 aromatic carbocycles. The van der Waals surface area contributed by atoms with Crippen LogP contribution in [-0.2, 0) is 11.2 Å². The minimum Gasteiger partial charge on any atom is -0.497 e. The Bertz CT molecular complexity index is 451. The quantitative estimate of drug-likeness (QED) is 0.873. The maximum atomic E-state index is 11.2. The van der Waals surface area contributed by atoms with Gasteiger partial charge in [0.1, 0.15) is 17.6 Å². The van der Waals surface area contributed by atoms with E-state index in [2.05, 4.69) is 0 Å². The molecular formula is C13H16O4. The van der Waals surface area contributed by atoms with Crippen molar-refractivity contribution in [2.24, 2.45) is 5.41 Å². The minimum atomic E-state index is -0.897. The lowest BCUT2D eigenvalue weighted by Gasteiger charge is -2.25. The first-order valence-electron chi connectivity index (χ1n) is 5.52. The van der Waals surface area contributed by atoms with Crippen LogP contribution in [0.1, 0.15) is 19.4 Å².